The lowest BCUT2D eigenvalue weighted by Crippen LogP contribution is -2.27. The lowest BCUT2D eigenvalue weighted by Gasteiger charge is -2.12. The predicted octanol–water partition coefficient (Wildman–Crippen LogP) is 4.86. The number of nitrogens with one attached hydrogen (secondary N) is 1. The fraction of sp³-hybridized carbons (Fsp3) is 0.125. The van der Waals surface area contributed by atoms with Crippen LogP contribution in [0.5, 0.6) is 0 Å². The number of halogens is 1. The Hall–Kier alpha value is -3.65. The summed E-state index contributed by atoms with van der Waals surface area (Å²) in [6.07, 6.45) is 1.66. The SMILES string of the molecule is Cc1cc(/C=C2\SC(=O)N(Cc3ccc(F)cc3)C2=O)c(C)n1NC(=O)c1ccccc1. The number of thioether (sulfide) groups is 1. The second-order valence-electron chi connectivity index (χ2n) is 7.36. The summed E-state index contributed by atoms with van der Waals surface area (Å²) >= 11 is 0.861. The van der Waals surface area contributed by atoms with Gasteiger partial charge in [-0.2, -0.15) is 0 Å². The number of nitrogens with zero attached hydrogens (tertiary/aromatic N) is 2. The van der Waals surface area contributed by atoms with E-state index >= 15 is 0 Å². The van der Waals surface area contributed by atoms with Crippen molar-refractivity contribution in [1.29, 1.82) is 0 Å². The van der Waals surface area contributed by atoms with Crippen molar-refractivity contribution in [2.75, 3.05) is 5.43 Å². The van der Waals surface area contributed by atoms with Crippen LogP contribution in [0.15, 0.2) is 65.6 Å². The van der Waals surface area contributed by atoms with Crippen LogP contribution in [0.4, 0.5) is 9.18 Å². The topological polar surface area (TPSA) is 71.4 Å². The lowest BCUT2D eigenvalue weighted by molar-refractivity contribution is -0.123. The monoisotopic (exact) mass is 449 g/mol. The minimum Gasteiger partial charge on any atom is -0.268 e. The summed E-state index contributed by atoms with van der Waals surface area (Å²) in [5.41, 5.74) is 6.29. The minimum atomic E-state index is -0.401. The Labute approximate surface area is 188 Å². The number of rotatable bonds is 5. The molecule has 3 amide bonds. The molecule has 0 spiro atoms. The van der Waals surface area contributed by atoms with Crippen molar-refractivity contribution < 1.29 is 18.8 Å². The molecule has 1 saturated heterocycles. The van der Waals surface area contributed by atoms with Crippen molar-refractivity contribution in [1.82, 2.24) is 9.58 Å². The first kappa shape index (κ1) is 21.6. The van der Waals surface area contributed by atoms with Gasteiger partial charge in [0.1, 0.15) is 5.82 Å². The molecule has 0 unspecified atom stereocenters. The Morgan fingerprint density at radius 3 is 2.44 bits per heavy atom. The zero-order valence-electron chi connectivity index (χ0n) is 17.5. The largest absolute Gasteiger partial charge is 0.293 e. The summed E-state index contributed by atoms with van der Waals surface area (Å²) in [6.45, 7) is 3.75. The van der Waals surface area contributed by atoms with E-state index in [0.717, 1.165) is 33.6 Å². The first-order valence-electron chi connectivity index (χ1n) is 9.88. The summed E-state index contributed by atoms with van der Waals surface area (Å²) in [7, 11) is 0. The van der Waals surface area contributed by atoms with E-state index in [9.17, 15) is 18.8 Å². The zero-order valence-corrected chi connectivity index (χ0v) is 18.3. The van der Waals surface area contributed by atoms with Crippen molar-refractivity contribution >= 4 is 34.9 Å². The van der Waals surface area contributed by atoms with E-state index in [4.69, 9.17) is 0 Å². The van der Waals surface area contributed by atoms with E-state index < -0.39 is 5.91 Å². The van der Waals surface area contributed by atoms with Crippen LogP contribution in [-0.4, -0.2) is 26.6 Å². The summed E-state index contributed by atoms with van der Waals surface area (Å²) in [4.78, 5) is 39.2. The molecule has 32 heavy (non-hydrogen) atoms. The van der Waals surface area contributed by atoms with E-state index in [1.54, 1.807) is 47.2 Å². The van der Waals surface area contributed by atoms with Crippen LogP contribution in [-0.2, 0) is 11.3 Å². The van der Waals surface area contributed by atoms with Crippen molar-refractivity contribution in [3.63, 3.8) is 0 Å². The number of aryl methyl sites for hydroxylation is 1. The third-order valence-corrected chi connectivity index (χ3v) is 6.04. The van der Waals surface area contributed by atoms with E-state index in [2.05, 4.69) is 5.43 Å². The number of hydrogen-bond acceptors (Lipinski definition) is 4. The van der Waals surface area contributed by atoms with Crippen molar-refractivity contribution in [3.8, 4) is 0 Å². The summed E-state index contributed by atoms with van der Waals surface area (Å²) in [5.74, 6) is -1.03. The number of amides is 3. The number of carbonyl (C=O) groups excluding carboxylic acids is 3. The van der Waals surface area contributed by atoms with Gasteiger partial charge in [0.15, 0.2) is 0 Å². The predicted molar refractivity (Wildman–Crippen MR) is 122 cm³/mol. The maximum Gasteiger partial charge on any atom is 0.293 e. The third kappa shape index (κ3) is 4.36. The molecule has 2 aromatic carbocycles. The molecule has 0 bridgehead atoms. The van der Waals surface area contributed by atoms with Crippen LogP contribution in [0, 0.1) is 19.7 Å². The van der Waals surface area contributed by atoms with Gasteiger partial charge < -0.3 is 0 Å². The van der Waals surface area contributed by atoms with Gasteiger partial charge in [0.2, 0.25) is 0 Å². The molecular formula is C24H20FN3O3S. The van der Waals surface area contributed by atoms with Crippen LogP contribution in [0.2, 0.25) is 0 Å². The molecule has 6 nitrogen and oxygen atoms in total. The van der Waals surface area contributed by atoms with Crippen molar-refractivity contribution in [3.05, 3.63) is 99.5 Å². The van der Waals surface area contributed by atoms with Gasteiger partial charge in [0, 0.05) is 17.0 Å². The maximum absolute atomic E-state index is 13.1. The molecule has 4 rings (SSSR count). The van der Waals surface area contributed by atoms with Crippen LogP contribution in [0.3, 0.4) is 0 Å². The normalized spacial score (nSPS) is 15.0. The average Bonchev–Trinajstić information content (AvgIpc) is 3.20. The standard InChI is InChI=1S/C24H20FN3O3S/c1-15-12-19(16(2)28(15)26-22(29)18-6-4-3-5-7-18)13-21-23(30)27(24(31)32-21)14-17-8-10-20(25)11-9-17/h3-13H,14H2,1-2H3,(H,26,29)/b21-13-. The minimum absolute atomic E-state index is 0.0778. The second-order valence-corrected chi connectivity index (χ2v) is 8.36. The Kier molecular flexibility index (Phi) is 5.96. The van der Waals surface area contributed by atoms with Gasteiger partial charge >= 0.3 is 0 Å². The van der Waals surface area contributed by atoms with Crippen LogP contribution < -0.4 is 5.43 Å². The number of hydrogen-bond donors (Lipinski definition) is 1. The number of aromatic nitrogens is 1. The number of imide groups is 1. The van der Waals surface area contributed by atoms with Gasteiger partial charge in [-0.1, -0.05) is 30.3 Å². The molecule has 1 fully saturated rings. The molecule has 1 aliphatic heterocycles. The van der Waals surface area contributed by atoms with Gasteiger partial charge in [-0.3, -0.25) is 29.4 Å². The molecule has 2 heterocycles. The van der Waals surface area contributed by atoms with Crippen LogP contribution >= 0.6 is 11.8 Å². The molecule has 8 heteroatoms. The van der Waals surface area contributed by atoms with Crippen LogP contribution in [0.25, 0.3) is 6.08 Å². The molecular weight excluding hydrogens is 429 g/mol. The average molecular weight is 450 g/mol. The maximum atomic E-state index is 13.1. The summed E-state index contributed by atoms with van der Waals surface area (Å²) in [6, 6.07) is 16.4. The Balaban J connectivity index is 1.54. The van der Waals surface area contributed by atoms with Gasteiger partial charge in [-0.15, -0.1) is 0 Å². The highest BCUT2D eigenvalue weighted by Gasteiger charge is 2.35. The highest BCUT2D eigenvalue weighted by atomic mass is 32.2. The molecule has 0 atom stereocenters. The Morgan fingerprint density at radius 1 is 1.06 bits per heavy atom. The lowest BCUT2D eigenvalue weighted by atomic mass is 10.2. The summed E-state index contributed by atoms with van der Waals surface area (Å²) < 4.78 is 14.8. The number of carbonyl (C=O) groups is 3. The van der Waals surface area contributed by atoms with E-state index in [-0.39, 0.29) is 23.5 Å². The smallest absolute Gasteiger partial charge is 0.268 e. The molecule has 1 aromatic heterocycles. The number of benzene rings is 2. The van der Waals surface area contributed by atoms with Crippen molar-refractivity contribution in [2.45, 2.75) is 20.4 Å². The Bertz CT molecular complexity index is 1230. The van der Waals surface area contributed by atoms with Gasteiger partial charge in [-0.25, -0.2) is 4.39 Å². The molecule has 0 aliphatic carbocycles. The summed E-state index contributed by atoms with van der Waals surface area (Å²) in [5, 5.41) is -0.378. The zero-order chi connectivity index (χ0) is 22.8. The molecule has 0 radical (unpaired) electrons. The molecule has 1 N–H and O–H groups in total. The third-order valence-electron chi connectivity index (χ3n) is 5.13. The fourth-order valence-corrected chi connectivity index (χ4v) is 4.24. The van der Waals surface area contributed by atoms with Gasteiger partial charge in [0.25, 0.3) is 17.1 Å². The first-order chi connectivity index (χ1) is 15.3. The van der Waals surface area contributed by atoms with E-state index in [1.165, 1.54) is 12.1 Å². The molecule has 3 aromatic rings. The Morgan fingerprint density at radius 2 is 1.75 bits per heavy atom. The molecule has 162 valence electrons. The van der Waals surface area contributed by atoms with E-state index in [0.29, 0.717) is 16.0 Å². The van der Waals surface area contributed by atoms with Gasteiger partial charge in [0.05, 0.1) is 11.4 Å². The molecule has 1 aliphatic rings. The quantitative estimate of drug-likeness (QED) is 0.565. The van der Waals surface area contributed by atoms with Crippen LogP contribution in [0.1, 0.15) is 32.9 Å². The molecule has 0 saturated carbocycles. The van der Waals surface area contributed by atoms with E-state index in [1.807, 2.05) is 26.0 Å². The highest BCUT2D eigenvalue weighted by molar-refractivity contribution is 8.18. The van der Waals surface area contributed by atoms with Gasteiger partial charge in [-0.05, 0) is 73.1 Å². The highest BCUT2D eigenvalue weighted by Crippen LogP contribution is 2.34. The van der Waals surface area contributed by atoms with Crippen molar-refractivity contribution in [2.24, 2.45) is 0 Å². The fourth-order valence-electron chi connectivity index (χ4n) is 3.41. The second kappa shape index (κ2) is 8.84. The first-order valence-corrected chi connectivity index (χ1v) is 10.7.